The summed E-state index contributed by atoms with van der Waals surface area (Å²) in [5.74, 6) is -1.08. The van der Waals surface area contributed by atoms with Gasteiger partial charge in [0.15, 0.2) is 0 Å². The van der Waals surface area contributed by atoms with Crippen LogP contribution in [0, 0.1) is 5.92 Å². The molecule has 22 heavy (non-hydrogen) atoms. The molecule has 1 rings (SSSR count). The van der Waals surface area contributed by atoms with Gasteiger partial charge >= 0.3 is 5.97 Å². The monoisotopic (exact) mass is 310 g/mol. The Bertz CT molecular complexity index is 414. The fourth-order valence-electron chi connectivity index (χ4n) is 2.64. The Labute approximate surface area is 131 Å². The highest BCUT2D eigenvalue weighted by Crippen LogP contribution is 2.28. The highest BCUT2D eigenvalue weighted by molar-refractivity contribution is 5.87. The summed E-state index contributed by atoms with van der Waals surface area (Å²) < 4.78 is 0. The molecule has 1 atom stereocenters. The summed E-state index contributed by atoms with van der Waals surface area (Å²) in [5.41, 5.74) is 0. The zero-order valence-electron chi connectivity index (χ0n) is 13.1. The summed E-state index contributed by atoms with van der Waals surface area (Å²) in [5, 5.41) is 13.9. The van der Waals surface area contributed by atoms with E-state index in [4.69, 9.17) is 5.11 Å². The number of hydrogen-bond donors (Lipinski definition) is 3. The van der Waals surface area contributed by atoms with Crippen LogP contribution in [0.25, 0.3) is 0 Å². The third kappa shape index (κ3) is 7.24. The minimum absolute atomic E-state index is 0.151. The molecular formula is C16H26N2O4. The molecule has 1 unspecified atom stereocenters. The number of aliphatic carboxylic acids is 1. The maximum absolute atomic E-state index is 11.7. The molecule has 0 aliphatic heterocycles. The normalized spacial score (nSPS) is 16.6. The molecule has 1 fully saturated rings. The lowest BCUT2D eigenvalue weighted by Gasteiger charge is -2.13. The van der Waals surface area contributed by atoms with E-state index in [0.717, 1.165) is 6.42 Å². The SMILES string of the molecule is C/C=C/CC(NC(=O)CNC(=O)CCC1CCCC1)C(=O)O. The summed E-state index contributed by atoms with van der Waals surface area (Å²) in [6.45, 7) is 1.61. The van der Waals surface area contributed by atoms with E-state index in [1.54, 1.807) is 19.1 Å². The highest BCUT2D eigenvalue weighted by Gasteiger charge is 2.19. The molecule has 1 saturated carbocycles. The van der Waals surface area contributed by atoms with Crippen molar-refractivity contribution in [3.8, 4) is 0 Å². The van der Waals surface area contributed by atoms with E-state index in [-0.39, 0.29) is 18.9 Å². The van der Waals surface area contributed by atoms with Crippen molar-refractivity contribution in [2.75, 3.05) is 6.54 Å². The van der Waals surface area contributed by atoms with Crippen molar-refractivity contribution in [1.29, 1.82) is 0 Å². The maximum Gasteiger partial charge on any atom is 0.326 e. The molecule has 0 bridgehead atoms. The summed E-state index contributed by atoms with van der Waals surface area (Å²) in [6, 6.07) is -0.959. The van der Waals surface area contributed by atoms with E-state index < -0.39 is 17.9 Å². The summed E-state index contributed by atoms with van der Waals surface area (Å²) in [6.07, 6.45) is 9.82. The molecule has 0 heterocycles. The van der Waals surface area contributed by atoms with E-state index in [2.05, 4.69) is 10.6 Å². The van der Waals surface area contributed by atoms with Crippen LogP contribution in [-0.2, 0) is 14.4 Å². The van der Waals surface area contributed by atoms with Crippen molar-refractivity contribution in [1.82, 2.24) is 10.6 Å². The number of carboxylic acid groups (broad SMARTS) is 1. The molecule has 6 nitrogen and oxygen atoms in total. The molecule has 0 aromatic carbocycles. The number of amides is 2. The zero-order valence-corrected chi connectivity index (χ0v) is 13.1. The minimum Gasteiger partial charge on any atom is -0.480 e. The van der Waals surface area contributed by atoms with Gasteiger partial charge in [-0.3, -0.25) is 9.59 Å². The smallest absolute Gasteiger partial charge is 0.326 e. The molecule has 0 aromatic rings. The fraction of sp³-hybridized carbons (Fsp3) is 0.688. The first-order valence-electron chi connectivity index (χ1n) is 7.93. The number of carboxylic acids is 1. The third-order valence-corrected chi connectivity index (χ3v) is 3.94. The van der Waals surface area contributed by atoms with Crippen molar-refractivity contribution in [2.24, 2.45) is 5.92 Å². The quantitative estimate of drug-likeness (QED) is 0.564. The summed E-state index contributed by atoms with van der Waals surface area (Å²) in [4.78, 5) is 34.3. The molecular weight excluding hydrogens is 284 g/mol. The van der Waals surface area contributed by atoms with Crippen LogP contribution in [-0.4, -0.2) is 35.5 Å². The third-order valence-electron chi connectivity index (χ3n) is 3.94. The van der Waals surface area contributed by atoms with E-state index in [1.165, 1.54) is 25.7 Å². The van der Waals surface area contributed by atoms with Gasteiger partial charge in [0.05, 0.1) is 6.54 Å². The first-order chi connectivity index (χ1) is 10.5. The molecule has 0 radical (unpaired) electrons. The van der Waals surface area contributed by atoms with E-state index in [0.29, 0.717) is 12.3 Å². The Morgan fingerprint density at radius 3 is 2.50 bits per heavy atom. The first-order valence-corrected chi connectivity index (χ1v) is 7.93. The van der Waals surface area contributed by atoms with Gasteiger partial charge in [-0.2, -0.15) is 0 Å². The molecule has 0 spiro atoms. The molecule has 3 N–H and O–H groups in total. The van der Waals surface area contributed by atoms with Crippen molar-refractivity contribution in [3.05, 3.63) is 12.2 Å². The topological polar surface area (TPSA) is 95.5 Å². The predicted octanol–water partition coefficient (Wildman–Crippen LogP) is 1.61. The fourth-order valence-corrected chi connectivity index (χ4v) is 2.64. The van der Waals surface area contributed by atoms with Gasteiger partial charge in [0.1, 0.15) is 6.04 Å². The molecule has 6 heteroatoms. The molecule has 1 aliphatic carbocycles. The zero-order chi connectivity index (χ0) is 16.4. The Morgan fingerprint density at radius 1 is 1.23 bits per heavy atom. The van der Waals surface area contributed by atoms with Crippen LogP contribution in [0.1, 0.15) is 51.9 Å². The lowest BCUT2D eigenvalue weighted by Crippen LogP contribution is -2.45. The number of hydrogen-bond acceptors (Lipinski definition) is 3. The van der Waals surface area contributed by atoms with E-state index >= 15 is 0 Å². The van der Waals surface area contributed by atoms with Gasteiger partial charge < -0.3 is 15.7 Å². The second-order valence-corrected chi connectivity index (χ2v) is 5.73. The molecule has 124 valence electrons. The van der Waals surface area contributed by atoms with Gasteiger partial charge in [0.2, 0.25) is 11.8 Å². The molecule has 0 saturated heterocycles. The number of carbonyl (C=O) groups excluding carboxylic acids is 2. The number of carbonyl (C=O) groups is 3. The second-order valence-electron chi connectivity index (χ2n) is 5.73. The van der Waals surface area contributed by atoms with Crippen molar-refractivity contribution in [2.45, 2.75) is 57.9 Å². The largest absolute Gasteiger partial charge is 0.480 e. The standard InChI is InChI=1S/C16H26N2O4/c1-2-3-8-13(16(21)22)18-15(20)11-17-14(19)10-9-12-6-4-5-7-12/h2-3,12-13H,4-11H2,1H3,(H,17,19)(H,18,20)(H,21,22)/b3-2+. The Morgan fingerprint density at radius 2 is 1.91 bits per heavy atom. The lowest BCUT2D eigenvalue weighted by molar-refractivity contribution is -0.141. The number of rotatable bonds is 9. The van der Waals surface area contributed by atoms with E-state index in [9.17, 15) is 14.4 Å². The predicted molar refractivity (Wildman–Crippen MR) is 83.2 cm³/mol. The van der Waals surface area contributed by atoms with Crippen molar-refractivity contribution < 1.29 is 19.5 Å². The van der Waals surface area contributed by atoms with Crippen molar-refractivity contribution >= 4 is 17.8 Å². The van der Waals surface area contributed by atoms with Gasteiger partial charge in [-0.05, 0) is 25.7 Å². The molecule has 2 amide bonds. The lowest BCUT2D eigenvalue weighted by atomic mass is 10.0. The molecule has 1 aliphatic rings. The average molecular weight is 310 g/mol. The highest BCUT2D eigenvalue weighted by atomic mass is 16.4. The number of nitrogens with one attached hydrogen (secondary N) is 2. The average Bonchev–Trinajstić information content (AvgIpc) is 3.00. The van der Waals surface area contributed by atoms with Crippen LogP contribution in [0.3, 0.4) is 0 Å². The van der Waals surface area contributed by atoms with Crippen LogP contribution in [0.2, 0.25) is 0 Å². The van der Waals surface area contributed by atoms with E-state index in [1.807, 2.05) is 0 Å². The Balaban J connectivity index is 2.22. The van der Waals surface area contributed by atoms with Gasteiger partial charge in [-0.25, -0.2) is 4.79 Å². The van der Waals surface area contributed by atoms with Gasteiger partial charge in [0, 0.05) is 6.42 Å². The summed E-state index contributed by atoms with van der Waals surface area (Å²) in [7, 11) is 0. The van der Waals surface area contributed by atoms with Crippen LogP contribution >= 0.6 is 0 Å². The van der Waals surface area contributed by atoms with Crippen molar-refractivity contribution in [3.63, 3.8) is 0 Å². The van der Waals surface area contributed by atoms with Crippen LogP contribution < -0.4 is 10.6 Å². The van der Waals surface area contributed by atoms with Gasteiger partial charge in [-0.1, -0.05) is 37.8 Å². The van der Waals surface area contributed by atoms with Crippen LogP contribution in [0.15, 0.2) is 12.2 Å². The Hall–Kier alpha value is -1.85. The number of allylic oxidation sites excluding steroid dienone is 1. The Kier molecular flexibility index (Phi) is 8.25. The van der Waals surface area contributed by atoms with Crippen LogP contribution in [0.5, 0.6) is 0 Å². The molecule has 0 aromatic heterocycles. The minimum atomic E-state index is -1.08. The second kappa shape index (κ2) is 9.97. The first kappa shape index (κ1) is 18.2. The van der Waals surface area contributed by atoms with Gasteiger partial charge in [-0.15, -0.1) is 0 Å². The summed E-state index contributed by atoms with van der Waals surface area (Å²) >= 11 is 0. The maximum atomic E-state index is 11.7. The van der Waals surface area contributed by atoms with Gasteiger partial charge in [0.25, 0.3) is 0 Å². The van der Waals surface area contributed by atoms with Crippen LogP contribution in [0.4, 0.5) is 0 Å².